The predicted molar refractivity (Wildman–Crippen MR) is 62.6 cm³/mol. The van der Waals surface area contributed by atoms with Gasteiger partial charge in [0.1, 0.15) is 0 Å². The molecule has 0 aromatic heterocycles. The molecule has 1 aliphatic heterocycles. The van der Waals surface area contributed by atoms with Gasteiger partial charge in [0.25, 0.3) is 0 Å². The molecule has 2 unspecified atom stereocenters. The number of aliphatic hydroxyl groups excluding tert-OH is 1. The maximum absolute atomic E-state index is 10.1. The predicted octanol–water partition coefficient (Wildman–Crippen LogP) is 0.397. The Kier molecular flexibility index (Phi) is 5.10. The van der Waals surface area contributed by atoms with Crippen LogP contribution in [-0.2, 0) is 0 Å². The van der Waals surface area contributed by atoms with Gasteiger partial charge in [-0.3, -0.25) is 4.90 Å². The molecule has 1 heterocycles. The number of terminal acetylenes is 1. The van der Waals surface area contributed by atoms with Gasteiger partial charge in [-0.25, -0.2) is 0 Å². The molecule has 86 valence electrons. The minimum Gasteiger partial charge on any atom is -0.391 e. The number of nitrogens with zero attached hydrogens (tertiary/aromatic N) is 2. The summed E-state index contributed by atoms with van der Waals surface area (Å²) in [6.07, 6.45) is 7.46. The normalized spacial score (nSPS) is 26.9. The van der Waals surface area contributed by atoms with Crippen LogP contribution in [0.25, 0.3) is 0 Å². The van der Waals surface area contributed by atoms with Gasteiger partial charge in [0.2, 0.25) is 0 Å². The lowest BCUT2D eigenvalue weighted by Gasteiger charge is -2.31. The molecule has 0 radical (unpaired) electrons. The van der Waals surface area contributed by atoms with Crippen molar-refractivity contribution in [1.82, 2.24) is 9.80 Å². The quantitative estimate of drug-likeness (QED) is 0.683. The summed E-state index contributed by atoms with van der Waals surface area (Å²) in [5.41, 5.74) is 0. The lowest BCUT2D eigenvalue weighted by molar-refractivity contribution is 0.0530. The molecule has 0 aromatic carbocycles. The highest BCUT2D eigenvalue weighted by molar-refractivity contribution is 4.88. The summed E-state index contributed by atoms with van der Waals surface area (Å²) in [6, 6.07) is 0.228. The lowest BCUT2D eigenvalue weighted by Crippen LogP contribution is -2.46. The van der Waals surface area contributed by atoms with Crippen LogP contribution in [0, 0.1) is 12.3 Å². The smallest absolute Gasteiger partial charge is 0.0716 e. The Morgan fingerprint density at radius 1 is 1.47 bits per heavy atom. The van der Waals surface area contributed by atoms with Crippen molar-refractivity contribution < 1.29 is 5.11 Å². The number of likely N-dealkylation sites (N-methyl/N-ethyl adjacent to an activating group) is 2. The average molecular weight is 210 g/mol. The molecular weight excluding hydrogens is 188 g/mol. The minimum atomic E-state index is -0.299. The molecule has 2 atom stereocenters. The van der Waals surface area contributed by atoms with Crippen LogP contribution in [-0.4, -0.2) is 60.8 Å². The van der Waals surface area contributed by atoms with Gasteiger partial charge in [-0.15, -0.1) is 12.3 Å². The molecule has 1 saturated heterocycles. The molecule has 0 bridgehead atoms. The molecule has 0 aliphatic carbocycles. The maximum Gasteiger partial charge on any atom is 0.0716 e. The molecule has 0 amide bonds. The van der Waals surface area contributed by atoms with Crippen LogP contribution >= 0.6 is 0 Å². The highest BCUT2D eigenvalue weighted by atomic mass is 16.3. The van der Waals surface area contributed by atoms with E-state index < -0.39 is 0 Å². The summed E-state index contributed by atoms with van der Waals surface area (Å²) in [6.45, 7) is 3.10. The van der Waals surface area contributed by atoms with Crippen LogP contribution in [0.5, 0.6) is 0 Å². The molecule has 1 aliphatic rings. The first kappa shape index (κ1) is 12.5. The van der Waals surface area contributed by atoms with Crippen LogP contribution in [0.3, 0.4) is 0 Å². The van der Waals surface area contributed by atoms with Crippen LogP contribution in [0.1, 0.15) is 19.3 Å². The van der Waals surface area contributed by atoms with E-state index in [1.807, 2.05) is 0 Å². The Bertz CT molecular complexity index is 224. The largest absolute Gasteiger partial charge is 0.391 e. The van der Waals surface area contributed by atoms with Crippen molar-refractivity contribution in [1.29, 1.82) is 0 Å². The molecule has 3 nitrogen and oxygen atoms in total. The molecule has 3 heteroatoms. The molecule has 1 fully saturated rings. The van der Waals surface area contributed by atoms with Crippen molar-refractivity contribution >= 4 is 0 Å². The van der Waals surface area contributed by atoms with Crippen molar-refractivity contribution in [2.24, 2.45) is 0 Å². The molecule has 1 N–H and O–H groups in total. The van der Waals surface area contributed by atoms with Crippen LogP contribution in [0.2, 0.25) is 0 Å². The van der Waals surface area contributed by atoms with E-state index in [0.717, 1.165) is 19.6 Å². The Morgan fingerprint density at radius 3 is 2.87 bits per heavy atom. The zero-order valence-corrected chi connectivity index (χ0v) is 9.82. The highest BCUT2D eigenvalue weighted by Crippen LogP contribution is 2.13. The zero-order valence-electron chi connectivity index (χ0n) is 9.82. The third-order valence-corrected chi connectivity index (χ3v) is 3.14. The number of hydrogen-bond donors (Lipinski definition) is 1. The summed E-state index contributed by atoms with van der Waals surface area (Å²) < 4.78 is 0. The van der Waals surface area contributed by atoms with Gasteiger partial charge in [-0.2, -0.15) is 0 Å². The van der Waals surface area contributed by atoms with Gasteiger partial charge in [0.15, 0.2) is 0 Å². The van der Waals surface area contributed by atoms with Crippen molar-refractivity contribution in [3.63, 3.8) is 0 Å². The van der Waals surface area contributed by atoms with E-state index in [9.17, 15) is 5.11 Å². The molecule has 0 spiro atoms. The molecular formula is C12H22N2O. The molecule has 1 rings (SSSR count). The summed E-state index contributed by atoms with van der Waals surface area (Å²) in [5.74, 6) is 2.59. The second-order valence-corrected chi connectivity index (χ2v) is 4.47. The standard InChI is InChI=1S/C12H22N2O/c1-4-5-7-12(15)11-10-13(2)8-6-9-14(11)3/h1,11-12,15H,5-10H2,2-3H3. The Balaban J connectivity index is 2.51. The van der Waals surface area contributed by atoms with Crippen molar-refractivity contribution in [3.8, 4) is 12.3 Å². The van der Waals surface area contributed by atoms with E-state index >= 15 is 0 Å². The summed E-state index contributed by atoms with van der Waals surface area (Å²) in [4.78, 5) is 4.54. The van der Waals surface area contributed by atoms with E-state index in [1.54, 1.807) is 0 Å². The molecule has 0 aromatic rings. The third kappa shape index (κ3) is 3.83. The fraction of sp³-hybridized carbons (Fsp3) is 0.833. The maximum atomic E-state index is 10.1. The van der Waals surface area contributed by atoms with E-state index in [1.165, 1.54) is 6.42 Å². The first-order chi connectivity index (χ1) is 7.15. The number of aliphatic hydroxyl groups is 1. The first-order valence-corrected chi connectivity index (χ1v) is 5.65. The van der Waals surface area contributed by atoms with Gasteiger partial charge in [0, 0.05) is 19.0 Å². The van der Waals surface area contributed by atoms with Crippen LogP contribution in [0.4, 0.5) is 0 Å². The Labute approximate surface area is 93.1 Å². The fourth-order valence-corrected chi connectivity index (χ4v) is 2.14. The summed E-state index contributed by atoms with van der Waals surface area (Å²) >= 11 is 0. The van der Waals surface area contributed by atoms with Crippen molar-refractivity contribution in [2.45, 2.75) is 31.4 Å². The van der Waals surface area contributed by atoms with Gasteiger partial charge < -0.3 is 10.0 Å². The Morgan fingerprint density at radius 2 is 2.20 bits per heavy atom. The Hall–Kier alpha value is -0.560. The van der Waals surface area contributed by atoms with Crippen molar-refractivity contribution in [2.75, 3.05) is 33.7 Å². The second-order valence-electron chi connectivity index (χ2n) is 4.47. The minimum absolute atomic E-state index is 0.228. The molecule has 0 saturated carbocycles. The van der Waals surface area contributed by atoms with E-state index in [4.69, 9.17) is 6.42 Å². The topological polar surface area (TPSA) is 26.7 Å². The van der Waals surface area contributed by atoms with Gasteiger partial charge in [0.05, 0.1) is 6.10 Å². The zero-order chi connectivity index (χ0) is 11.3. The van der Waals surface area contributed by atoms with Crippen LogP contribution in [0.15, 0.2) is 0 Å². The fourth-order valence-electron chi connectivity index (χ4n) is 2.14. The van der Waals surface area contributed by atoms with E-state index in [0.29, 0.717) is 12.8 Å². The van der Waals surface area contributed by atoms with Crippen LogP contribution < -0.4 is 0 Å². The van der Waals surface area contributed by atoms with Gasteiger partial charge in [-0.1, -0.05) is 0 Å². The lowest BCUT2D eigenvalue weighted by atomic mass is 10.0. The summed E-state index contributed by atoms with van der Waals surface area (Å²) in [5, 5.41) is 10.1. The van der Waals surface area contributed by atoms with Crippen molar-refractivity contribution in [3.05, 3.63) is 0 Å². The third-order valence-electron chi connectivity index (χ3n) is 3.14. The van der Waals surface area contributed by atoms with Gasteiger partial charge >= 0.3 is 0 Å². The second kappa shape index (κ2) is 6.12. The SMILES string of the molecule is C#CCCC(O)C1CN(C)CCCN1C. The van der Waals surface area contributed by atoms with E-state index in [2.05, 4.69) is 29.8 Å². The monoisotopic (exact) mass is 210 g/mol. The molecule has 15 heavy (non-hydrogen) atoms. The summed E-state index contributed by atoms with van der Waals surface area (Å²) in [7, 11) is 4.20. The highest BCUT2D eigenvalue weighted by Gasteiger charge is 2.26. The average Bonchev–Trinajstić information content (AvgIpc) is 2.37. The number of rotatable bonds is 3. The van der Waals surface area contributed by atoms with Gasteiger partial charge in [-0.05, 0) is 40.0 Å². The first-order valence-electron chi connectivity index (χ1n) is 5.65. The number of hydrogen-bond acceptors (Lipinski definition) is 3. The van der Waals surface area contributed by atoms with E-state index in [-0.39, 0.29) is 12.1 Å².